The normalized spacial score (nSPS) is 11.9. The highest BCUT2D eigenvalue weighted by molar-refractivity contribution is 5.91. The number of unbranched alkanes of at least 4 members (excludes halogenated alkanes) is 2. The number of hydrogen-bond donors (Lipinski definition) is 2. The molecule has 0 radical (unpaired) electrons. The maximum atomic E-state index is 11.9. The van der Waals surface area contributed by atoms with Crippen molar-refractivity contribution in [2.24, 2.45) is 5.73 Å². The standard InChI is InChI=1S/C23H25N5O2.ClH/c1-15-7-8-16-13-17(9-10-19(16)27-15)20-14-26-22(28-20)18(24)5-3-2-4-6-21(29)23-25-11-12-30-23;/h7-14,18H,2-6,24H2,1H3,(H,26,28);1H/t18-;/m0./s1. The Labute approximate surface area is 186 Å². The molecule has 1 atom stereocenters. The Hall–Kier alpha value is -3.03. The van der Waals surface area contributed by atoms with E-state index in [0.717, 1.165) is 59.4 Å². The molecule has 3 N–H and O–H groups in total. The molecule has 3 heterocycles. The number of rotatable bonds is 9. The van der Waals surface area contributed by atoms with E-state index < -0.39 is 0 Å². The number of imidazole rings is 1. The number of carbonyl (C=O) groups excluding carboxylic acids is 1. The number of nitrogens with one attached hydrogen (secondary N) is 1. The second kappa shape index (κ2) is 10.3. The number of benzene rings is 1. The number of ketones is 1. The molecule has 0 aliphatic carbocycles. The van der Waals surface area contributed by atoms with E-state index in [-0.39, 0.29) is 30.1 Å². The second-order valence-corrected chi connectivity index (χ2v) is 7.51. The molecule has 0 aliphatic rings. The summed E-state index contributed by atoms with van der Waals surface area (Å²) in [7, 11) is 0. The van der Waals surface area contributed by atoms with Gasteiger partial charge in [-0.3, -0.25) is 9.78 Å². The number of Topliss-reactive ketones (excluding diaryl/α,β-unsaturated/α-hetero) is 1. The van der Waals surface area contributed by atoms with Gasteiger partial charge in [0.2, 0.25) is 5.78 Å². The molecule has 8 heteroatoms. The summed E-state index contributed by atoms with van der Waals surface area (Å²) in [4.78, 5) is 28.1. The molecule has 1 aromatic carbocycles. The quantitative estimate of drug-likeness (QED) is 0.274. The van der Waals surface area contributed by atoms with Crippen LogP contribution in [0.25, 0.3) is 22.2 Å². The average Bonchev–Trinajstić information content (AvgIpc) is 3.45. The van der Waals surface area contributed by atoms with Crippen LogP contribution in [0.15, 0.2) is 53.4 Å². The van der Waals surface area contributed by atoms with E-state index in [1.54, 1.807) is 0 Å². The number of H-pyrrole nitrogens is 1. The van der Waals surface area contributed by atoms with Gasteiger partial charge in [-0.05, 0) is 38.0 Å². The summed E-state index contributed by atoms with van der Waals surface area (Å²) in [6, 6.07) is 10.1. The van der Waals surface area contributed by atoms with Crippen molar-refractivity contribution in [3.8, 4) is 11.3 Å². The van der Waals surface area contributed by atoms with Gasteiger partial charge in [0.1, 0.15) is 12.1 Å². The van der Waals surface area contributed by atoms with Crippen molar-refractivity contribution in [1.82, 2.24) is 19.9 Å². The van der Waals surface area contributed by atoms with Crippen LogP contribution in [0.4, 0.5) is 0 Å². The summed E-state index contributed by atoms with van der Waals surface area (Å²) in [6.07, 6.45) is 8.62. The van der Waals surface area contributed by atoms with Crippen molar-refractivity contribution in [2.75, 3.05) is 0 Å². The molecule has 0 aliphatic heterocycles. The third-order valence-electron chi connectivity index (χ3n) is 5.18. The maximum absolute atomic E-state index is 11.9. The number of hydrogen-bond acceptors (Lipinski definition) is 6. The van der Waals surface area contributed by atoms with Crippen molar-refractivity contribution in [3.05, 3.63) is 66.4 Å². The Bertz CT molecular complexity index is 1140. The Balaban J connectivity index is 0.00000272. The van der Waals surface area contributed by atoms with Crippen LogP contribution in [0.5, 0.6) is 0 Å². The van der Waals surface area contributed by atoms with E-state index >= 15 is 0 Å². The summed E-state index contributed by atoms with van der Waals surface area (Å²) in [5.74, 6) is 0.915. The van der Waals surface area contributed by atoms with Gasteiger partial charge in [0.15, 0.2) is 0 Å². The minimum atomic E-state index is -0.161. The van der Waals surface area contributed by atoms with Crippen LogP contribution in [-0.2, 0) is 0 Å². The summed E-state index contributed by atoms with van der Waals surface area (Å²) in [5, 5.41) is 1.10. The number of carbonyl (C=O) groups is 1. The highest BCUT2D eigenvalue weighted by Gasteiger charge is 2.13. The zero-order valence-corrected chi connectivity index (χ0v) is 18.2. The maximum Gasteiger partial charge on any atom is 0.263 e. The zero-order valence-electron chi connectivity index (χ0n) is 17.4. The molecule has 4 rings (SSSR count). The Kier molecular flexibility index (Phi) is 7.55. The first-order valence-corrected chi connectivity index (χ1v) is 10.2. The molecule has 0 amide bonds. The average molecular weight is 440 g/mol. The van der Waals surface area contributed by atoms with Gasteiger partial charge in [-0.25, -0.2) is 9.97 Å². The number of aryl methyl sites for hydroxylation is 1. The van der Waals surface area contributed by atoms with Gasteiger partial charge in [-0.1, -0.05) is 25.0 Å². The third-order valence-corrected chi connectivity index (χ3v) is 5.18. The number of aromatic amines is 1. The smallest absolute Gasteiger partial charge is 0.263 e. The van der Waals surface area contributed by atoms with Crippen molar-refractivity contribution >= 4 is 29.1 Å². The molecular formula is C23H26ClN5O2. The van der Waals surface area contributed by atoms with E-state index in [2.05, 4.69) is 32.1 Å². The molecule has 4 aromatic rings. The van der Waals surface area contributed by atoms with Gasteiger partial charge >= 0.3 is 0 Å². The predicted octanol–water partition coefficient (Wildman–Crippen LogP) is 5.18. The lowest BCUT2D eigenvalue weighted by molar-refractivity contribution is 0.0945. The molecule has 162 valence electrons. The first kappa shape index (κ1) is 22.7. The van der Waals surface area contributed by atoms with E-state index in [1.807, 2.05) is 31.3 Å². The third kappa shape index (κ3) is 5.57. The summed E-state index contributed by atoms with van der Waals surface area (Å²) in [5.41, 5.74) is 10.3. The molecule has 7 nitrogen and oxygen atoms in total. The van der Waals surface area contributed by atoms with E-state index in [0.29, 0.717) is 6.42 Å². The van der Waals surface area contributed by atoms with Gasteiger partial charge in [0.25, 0.3) is 5.89 Å². The van der Waals surface area contributed by atoms with Gasteiger partial charge in [0.05, 0.1) is 29.6 Å². The lowest BCUT2D eigenvalue weighted by Gasteiger charge is -2.08. The van der Waals surface area contributed by atoms with Crippen molar-refractivity contribution < 1.29 is 9.21 Å². The second-order valence-electron chi connectivity index (χ2n) is 7.51. The molecule has 31 heavy (non-hydrogen) atoms. The lowest BCUT2D eigenvalue weighted by Crippen LogP contribution is -2.12. The zero-order chi connectivity index (χ0) is 20.9. The van der Waals surface area contributed by atoms with Crippen molar-refractivity contribution in [1.29, 1.82) is 0 Å². The fourth-order valence-corrected chi connectivity index (χ4v) is 3.50. The Morgan fingerprint density at radius 1 is 1.16 bits per heavy atom. The number of nitrogens with two attached hydrogens (primary N) is 1. The number of fused-ring (bicyclic) bond motifs is 1. The van der Waals surface area contributed by atoms with Gasteiger partial charge in [-0.15, -0.1) is 12.4 Å². The Morgan fingerprint density at radius 2 is 2.03 bits per heavy atom. The molecule has 0 unspecified atom stereocenters. The van der Waals surface area contributed by atoms with Crippen LogP contribution >= 0.6 is 12.4 Å². The molecule has 0 fully saturated rings. The van der Waals surface area contributed by atoms with Crippen molar-refractivity contribution in [3.63, 3.8) is 0 Å². The lowest BCUT2D eigenvalue weighted by atomic mass is 10.1. The topological polar surface area (TPSA) is 111 Å². The minimum absolute atomic E-state index is 0. The van der Waals surface area contributed by atoms with Crippen molar-refractivity contribution in [2.45, 2.75) is 45.1 Å². The number of nitrogens with zero attached hydrogens (tertiary/aromatic N) is 3. The monoisotopic (exact) mass is 439 g/mol. The summed E-state index contributed by atoms with van der Waals surface area (Å²) < 4.78 is 5.02. The van der Waals surface area contributed by atoms with E-state index in [4.69, 9.17) is 10.2 Å². The summed E-state index contributed by atoms with van der Waals surface area (Å²) >= 11 is 0. The fourth-order valence-electron chi connectivity index (χ4n) is 3.50. The molecular weight excluding hydrogens is 414 g/mol. The van der Waals surface area contributed by atoms with Gasteiger partial charge in [-0.2, -0.15) is 0 Å². The van der Waals surface area contributed by atoms with Crippen LogP contribution in [0, 0.1) is 6.92 Å². The molecule has 0 saturated carbocycles. The SMILES string of the molecule is Cc1ccc2cc(-c3cnc([C@@H](N)CCCCCC(=O)c4ncco4)[nH]3)ccc2n1.Cl. The largest absolute Gasteiger partial charge is 0.442 e. The minimum Gasteiger partial charge on any atom is -0.442 e. The van der Waals surface area contributed by atoms with Crippen LogP contribution in [-0.4, -0.2) is 25.7 Å². The van der Waals surface area contributed by atoms with Crippen LogP contribution < -0.4 is 5.73 Å². The first-order valence-electron chi connectivity index (χ1n) is 10.2. The number of oxazole rings is 1. The highest BCUT2D eigenvalue weighted by atomic mass is 35.5. The van der Waals surface area contributed by atoms with Crippen LogP contribution in [0.1, 0.15) is 60.3 Å². The first-order chi connectivity index (χ1) is 14.6. The number of pyridine rings is 1. The van der Waals surface area contributed by atoms with E-state index in [1.165, 1.54) is 12.5 Å². The summed E-state index contributed by atoms with van der Waals surface area (Å²) in [6.45, 7) is 1.99. The van der Waals surface area contributed by atoms with E-state index in [9.17, 15) is 4.79 Å². The Morgan fingerprint density at radius 3 is 2.84 bits per heavy atom. The van der Waals surface area contributed by atoms with Gasteiger partial charge < -0.3 is 15.1 Å². The predicted molar refractivity (Wildman–Crippen MR) is 122 cm³/mol. The van der Waals surface area contributed by atoms with Crippen LogP contribution in [0.2, 0.25) is 0 Å². The number of aromatic nitrogens is 4. The van der Waals surface area contributed by atoms with Gasteiger partial charge in [0, 0.05) is 23.1 Å². The molecule has 3 aromatic heterocycles. The van der Waals surface area contributed by atoms with Crippen LogP contribution in [0.3, 0.4) is 0 Å². The molecule has 0 spiro atoms. The highest BCUT2D eigenvalue weighted by Crippen LogP contribution is 2.24. The number of halogens is 1. The molecule has 0 bridgehead atoms. The molecule has 0 saturated heterocycles. The fraction of sp³-hybridized carbons (Fsp3) is 0.304.